The summed E-state index contributed by atoms with van der Waals surface area (Å²) >= 11 is 0. The topological polar surface area (TPSA) is 225 Å². The minimum atomic E-state index is -5.48. The number of guanidine groups is 1. The van der Waals surface area contributed by atoms with Gasteiger partial charge in [-0.25, -0.2) is 19.4 Å². The van der Waals surface area contributed by atoms with Gasteiger partial charge in [-0.15, -0.1) is 0 Å². The first kappa shape index (κ1) is 33.4. The molecule has 0 aromatic carbocycles. The Morgan fingerprint density at radius 1 is 1.13 bits per heavy atom. The molecule has 8 N–H and O–H groups in total. The smallest absolute Gasteiger partial charge is 0.481 e. The summed E-state index contributed by atoms with van der Waals surface area (Å²) in [5, 5.41) is 25.1. The molecule has 3 atom stereocenters. The fourth-order valence-corrected chi connectivity index (χ4v) is 3.49. The van der Waals surface area contributed by atoms with E-state index < -0.39 is 78.8 Å². The Balaban J connectivity index is 2.98. The number of hydrogen-bond acceptors (Lipinski definition) is 10. The van der Waals surface area contributed by atoms with Gasteiger partial charge in [0.1, 0.15) is 6.10 Å². The highest BCUT2D eigenvalue weighted by Gasteiger charge is 2.45. The Hall–Kier alpha value is -3.60. The van der Waals surface area contributed by atoms with Gasteiger partial charge in [-0.2, -0.15) is 13.2 Å². The molecule has 0 saturated carbocycles. The second kappa shape index (κ2) is 15.1. The average molecular weight is 570 g/mol. The zero-order valence-corrected chi connectivity index (χ0v) is 21.5. The number of amides is 2. The molecule has 1 rings (SSSR count). The summed E-state index contributed by atoms with van der Waals surface area (Å²) in [6, 6.07) is -2.50. The van der Waals surface area contributed by atoms with E-state index in [1.165, 1.54) is 0 Å². The molecule has 0 radical (unpaired) electrons. The van der Waals surface area contributed by atoms with Crippen molar-refractivity contribution in [2.45, 2.75) is 89.1 Å². The molecule has 1 aliphatic rings. The third-order valence-electron chi connectivity index (χ3n) is 5.22. The number of hydrogen-bond donors (Lipinski definition) is 6. The SMILES string of the molecule is CCCCCCCNC(=O)OC(O)(O)CC[C@H]1OC(C(=O)OC(=O)C(F)(F)F)=C[C@H](N=C(N)N)[C@H]1NC(C)=O. The number of esters is 2. The Morgan fingerprint density at radius 2 is 1.77 bits per heavy atom. The van der Waals surface area contributed by atoms with Gasteiger partial charge in [-0.3, -0.25) is 4.79 Å². The Morgan fingerprint density at radius 3 is 2.33 bits per heavy atom. The molecule has 0 bridgehead atoms. The number of alkyl halides is 3. The van der Waals surface area contributed by atoms with Gasteiger partial charge in [-0.05, 0) is 18.9 Å². The van der Waals surface area contributed by atoms with Crippen molar-refractivity contribution in [1.82, 2.24) is 10.6 Å². The second-order valence-corrected chi connectivity index (χ2v) is 8.65. The molecule has 0 spiro atoms. The summed E-state index contributed by atoms with van der Waals surface area (Å²) in [5.41, 5.74) is 10.7. The normalized spacial score (nSPS) is 19.2. The summed E-state index contributed by atoms with van der Waals surface area (Å²) in [7, 11) is 0. The zero-order chi connectivity index (χ0) is 29.8. The van der Waals surface area contributed by atoms with E-state index >= 15 is 0 Å². The van der Waals surface area contributed by atoms with Crippen LogP contribution in [0.4, 0.5) is 18.0 Å². The molecule has 0 aliphatic carbocycles. The van der Waals surface area contributed by atoms with Crippen molar-refractivity contribution in [1.29, 1.82) is 0 Å². The lowest BCUT2D eigenvalue weighted by Gasteiger charge is -2.36. The van der Waals surface area contributed by atoms with E-state index in [-0.39, 0.29) is 6.54 Å². The molecule has 14 nitrogen and oxygen atoms in total. The number of alkyl carbamates (subject to hydrolysis) is 1. The van der Waals surface area contributed by atoms with E-state index in [0.29, 0.717) is 6.42 Å². The van der Waals surface area contributed by atoms with Gasteiger partial charge in [0.05, 0.1) is 12.1 Å². The number of nitrogens with zero attached hydrogens (tertiary/aromatic N) is 1. The van der Waals surface area contributed by atoms with Crippen LogP contribution in [-0.2, 0) is 28.6 Å². The lowest BCUT2D eigenvalue weighted by atomic mass is 9.94. The van der Waals surface area contributed by atoms with Crippen LogP contribution in [-0.4, -0.2) is 77.0 Å². The fourth-order valence-electron chi connectivity index (χ4n) is 3.49. The van der Waals surface area contributed by atoms with Crippen LogP contribution in [0.25, 0.3) is 0 Å². The summed E-state index contributed by atoms with van der Waals surface area (Å²) < 4.78 is 51.3. The maximum Gasteiger partial charge on any atom is 0.491 e. The molecule has 2 amide bonds. The number of carbonyl (C=O) groups is 4. The van der Waals surface area contributed by atoms with Crippen LogP contribution < -0.4 is 22.1 Å². The quantitative estimate of drug-likeness (QED) is 0.0437. The van der Waals surface area contributed by atoms with Crippen LogP contribution in [0.2, 0.25) is 0 Å². The average Bonchev–Trinajstić information content (AvgIpc) is 2.79. The van der Waals surface area contributed by atoms with Crippen LogP contribution in [0.3, 0.4) is 0 Å². The highest BCUT2D eigenvalue weighted by Crippen LogP contribution is 2.28. The van der Waals surface area contributed by atoms with Gasteiger partial charge in [0.15, 0.2) is 5.96 Å². The van der Waals surface area contributed by atoms with Gasteiger partial charge in [0, 0.05) is 19.9 Å². The van der Waals surface area contributed by atoms with E-state index in [0.717, 1.165) is 38.7 Å². The third kappa shape index (κ3) is 12.7. The monoisotopic (exact) mass is 569 g/mol. The minimum Gasteiger partial charge on any atom is -0.481 e. The molecule has 0 saturated heterocycles. The third-order valence-corrected chi connectivity index (χ3v) is 5.22. The molecule has 0 unspecified atom stereocenters. The number of nitrogens with one attached hydrogen (secondary N) is 2. The van der Waals surface area contributed by atoms with Crippen molar-refractivity contribution in [3.05, 3.63) is 11.8 Å². The van der Waals surface area contributed by atoms with Crippen LogP contribution >= 0.6 is 0 Å². The number of halogens is 3. The highest BCUT2D eigenvalue weighted by molar-refractivity contribution is 5.96. The van der Waals surface area contributed by atoms with Crippen molar-refractivity contribution < 1.29 is 56.8 Å². The molecule has 1 aliphatic heterocycles. The zero-order valence-electron chi connectivity index (χ0n) is 21.5. The molecule has 0 aromatic heterocycles. The van der Waals surface area contributed by atoms with E-state index in [1.54, 1.807) is 0 Å². The first-order valence-electron chi connectivity index (χ1n) is 12.0. The Kier molecular flexibility index (Phi) is 12.9. The van der Waals surface area contributed by atoms with Crippen LogP contribution in [0.5, 0.6) is 0 Å². The summed E-state index contributed by atoms with van der Waals surface area (Å²) in [6.07, 6.45) is -3.88. The predicted octanol–water partition coefficient (Wildman–Crippen LogP) is 0.163. The van der Waals surface area contributed by atoms with Gasteiger partial charge in [0.25, 0.3) is 0 Å². The fraction of sp³-hybridized carbons (Fsp3) is 0.682. The number of aliphatic imine (C=N–C) groups is 1. The molecule has 17 heteroatoms. The van der Waals surface area contributed by atoms with Crippen molar-refractivity contribution in [2.75, 3.05) is 6.54 Å². The summed E-state index contributed by atoms with van der Waals surface area (Å²) in [4.78, 5) is 50.7. The number of rotatable bonds is 13. The van der Waals surface area contributed by atoms with Crippen LogP contribution in [0, 0.1) is 0 Å². The first-order valence-corrected chi connectivity index (χ1v) is 12.0. The predicted molar refractivity (Wildman–Crippen MR) is 127 cm³/mol. The van der Waals surface area contributed by atoms with Crippen molar-refractivity contribution in [3.8, 4) is 0 Å². The number of aliphatic hydroxyl groups is 2. The standard InChI is InChI=1S/C22H34F3N5O9/c1-3-4-5-6-7-10-28-20(34)39-21(35,36)9-8-14-16(29-12(2)31)13(30-19(26)27)11-15(37-14)17(32)38-18(33)22(23,24)25/h11,13-14,16,35-36H,3-10H2,1-2H3,(H,28,34)(H,29,31)(H4,26,27,30)/t13-,14+,16+/m0/s1. The first-order chi connectivity index (χ1) is 18.1. The maximum absolute atomic E-state index is 12.5. The van der Waals surface area contributed by atoms with Crippen LogP contribution in [0.15, 0.2) is 16.8 Å². The Labute approximate surface area is 221 Å². The van der Waals surface area contributed by atoms with Crippen molar-refractivity contribution >= 4 is 29.9 Å². The number of ether oxygens (including phenoxy) is 3. The lowest BCUT2D eigenvalue weighted by Crippen LogP contribution is -2.54. The van der Waals surface area contributed by atoms with E-state index in [2.05, 4.69) is 25.1 Å². The molecule has 1 heterocycles. The lowest BCUT2D eigenvalue weighted by molar-refractivity contribution is -0.312. The van der Waals surface area contributed by atoms with Gasteiger partial charge in [-0.1, -0.05) is 32.6 Å². The number of nitrogens with two attached hydrogens (primary N) is 2. The second-order valence-electron chi connectivity index (χ2n) is 8.65. The van der Waals surface area contributed by atoms with Crippen LogP contribution in [0.1, 0.15) is 58.8 Å². The minimum absolute atomic E-state index is 0.224. The van der Waals surface area contributed by atoms with Gasteiger partial charge >= 0.3 is 30.2 Å². The Bertz CT molecular complexity index is 937. The number of unbranched alkanes of at least 4 members (excludes halogenated alkanes) is 4. The van der Waals surface area contributed by atoms with Crippen molar-refractivity contribution in [2.24, 2.45) is 16.5 Å². The van der Waals surface area contributed by atoms with Crippen molar-refractivity contribution in [3.63, 3.8) is 0 Å². The van der Waals surface area contributed by atoms with E-state index in [4.69, 9.17) is 16.2 Å². The highest BCUT2D eigenvalue weighted by atomic mass is 19.4. The summed E-state index contributed by atoms with van der Waals surface area (Å²) in [5.74, 6) is -9.79. The molecule has 39 heavy (non-hydrogen) atoms. The van der Waals surface area contributed by atoms with Gasteiger partial charge in [0.2, 0.25) is 11.7 Å². The van der Waals surface area contributed by atoms with E-state index in [9.17, 15) is 42.6 Å². The molecule has 0 aromatic rings. The molecular formula is C22H34F3N5O9. The largest absolute Gasteiger partial charge is 0.491 e. The van der Waals surface area contributed by atoms with Gasteiger partial charge < -0.3 is 46.5 Å². The molecular weight excluding hydrogens is 535 g/mol. The molecule has 222 valence electrons. The molecule has 0 fully saturated rings. The maximum atomic E-state index is 12.5. The van der Waals surface area contributed by atoms with E-state index in [1.807, 2.05) is 6.92 Å². The summed E-state index contributed by atoms with van der Waals surface area (Å²) in [6.45, 7) is 3.38. The number of carbonyl (C=O) groups excluding carboxylic acids is 4.